The third-order valence-corrected chi connectivity index (χ3v) is 4.55. The molecule has 0 radical (unpaired) electrons. The molecule has 1 aliphatic carbocycles. The minimum Gasteiger partial charge on any atom is -0.490 e. The maximum Gasteiger partial charge on any atom is 0.219 e. The number of pyridine rings is 1. The van der Waals surface area contributed by atoms with Crippen LogP contribution in [0.1, 0.15) is 55.7 Å². The molecule has 1 amide bonds. The standard InChI is InChI=1S/C19H25N3O3/c1-4-25-17-8-6-12-22-18(13(2)20-19(17)22)16(24)7-5-11-21(14(3)23)15-9-10-15/h6,8,12,15H,4-5,7,9-11H2,1-3H3. The predicted molar refractivity (Wildman–Crippen MR) is 95.1 cm³/mol. The summed E-state index contributed by atoms with van der Waals surface area (Å²) in [7, 11) is 0. The molecule has 2 heterocycles. The summed E-state index contributed by atoms with van der Waals surface area (Å²) in [6.07, 6.45) is 5.09. The number of aryl methyl sites for hydroxylation is 1. The molecule has 25 heavy (non-hydrogen) atoms. The van der Waals surface area contributed by atoms with E-state index in [9.17, 15) is 9.59 Å². The first-order chi connectivity index (χ1) is 12.0. The highest BCUT2D eigenvalue weighted by molar-refractivity contribution is 5.96. The van der Waals surface area contributed by atoms with E-state index < -0.39 is 0 Å². The Morgan fingerprint density at radius 2 is 2.16 bits per heavy atom. The van der Waals surface area contributed by atoms with Crippen LogP contribution < -0.4 is 4.74 Å². The zero-order chi connectivity index (χ0) is 18.0. The molecule has 3 rings (SSSR count). The molecule has 0 spiro atoms. The van der Waals surface area contributed by atoms with Crippen LogP contribution in [-0.2, 0) is 4.79 Å². The summed E-state index contributed by atoms with van der Waals surface area (Å²) in [4.78, 5) is 30.8. The number of carbonyl (C=O) groups is 2. The number of amides is 1. The summed E-state index contributed by atoms with van der Waals surface area (Å²) >= 11 is 0. The van der Waals surface area contributed by atoms with Gasteiger partial charge in [0.1, 0.15) is 5.69 Å². The summed E-state index contributed by atoms with van der Waals surface area (Å²) in [5, 5.41) is 0. The second kappa shape index (κ2) is 7.25. The SMILES string of the molecule is CCOc1cccn2c(C(=O)CCCN(C(C)=O)C3CC3)c(C)nc12. The van der Waals surface area contributed by atoms with Crippen LogP contribution >= 0.6 is 0 Å². The van der Waals surface area contributed by atoms with E-state index in [1.807, 2.05) is 41.5 Å². The molecule has 0 aromatic carbocycles. The van der Waals surface area contributed by atoms with E-state index in [-0.39, 0.29) is 11.7 Å². The van der Waals surface area contributed by atoms with Gasteiger partial charge in [0.15, 0.2) is 17.2 Å². The van der Waals surface area contributed by atoms with Crippen molar-refractivity contribution in [2.75, 3.05) is 13.2 Å². The lowest BCUT2D eigenvalue weighted by molar-refractivity contribution is -0.129. The molecule has 0 N–H and O–H groups in total. The van der Waals surface area contributed by atoms with Crippen molar-refractivity contribution < 1.29 is 14.3 Å². The Morgan fingerprint density at radius 1 is 1.40 bits per heavy atom. The summed E-state index contributed by atoms with van der Waals surface area (Å²) in [6.45, 7) is 6.57. The van der Waals surface area contributed by atoms with Crippen molar-refractivity contribution in [3.63, 3.8) is 0 Å². The maximum atomic E-state index is 12.7. The Kier molecular flexibility index (Phi) is 5.06. The Balaban J connectivity index is 1.72. The molecule has 1 fully saturated rings. The van der Waals surface area contributed by atoms with Crippen LogP contribution in [0.3, 0.4) is 0 Å². The second-order valence-corrected chi connectivity index (χ2v) is 6.52. The zero-order valence-electron chi connectivity index (χ0n) is 15.1. The van der Waals surface area contributed by atoms with Crippen molar-refractivity contribution >= 4 is 17.3 Å². The Bertz CT molecular complexity index is 793. The van der Waals surface area contributed by atoms with Gasteiger partial charge in [-0.15, -0.1) is 0 Å². The maximum absolute atomic E-state index is 12.7. The van der Waals surface area contributed by atoms with Gasteiger partial charge in [-0.2, -0.15) is 0 Å². The number of ketones is 1. The predicted octanol–water partition coefficient (Wildman–Crippen LogP) is 3.02. The fourth-order valence-corrected chi connectivity index (χ4v) is 3.27. The van der Waals surface area contributed by atoms with Crippen molar-refractivity contribution in [3.05, 3.63) is 29.7 Å². The number of ether oxygens (including phenoxy) is 1. The van der Waals surface area contributed by atoms with Crippen LogP contribution in [0.15, 0.2) is 18.3 Å². The third-order valence-electron chi connectivity index (χ3n) is 4.55. The van der Waals surface area contributed by atoms with Crippen LogP contribution in [0.25, 0.3) is 5.65 Å². The van der Waals surface area contributed by atoms with Crippen LogP contribution in [0.5, 0.6) is 5.75 Å². The average molecular weight is 343 g/mol. The Labute approximate surface area is 147 Å². The van der Waals surface area contributed by atoms with E-state index in [4.69, 9.17) is 4.74 Å². The van der Waals surface area contributed by atoms with Gasteiger partial charge in [-0.05, 0) is 45.2 Å². The van der Waals surface area contributed by atoms with Crippen LogP contribution in [0, 0.1) is 6.92 Å². The average Bonchev–Trinajstić information content (AvgIpc) is 3.33. The summed E-state index contributed by atoms with van der Waals surface area (Å²) in [5.74, 6) is 0.837. The summed E-state index contributed by atoms with van der Waals surface area (Å²) in [5.41, 5.74) is 1.99. The number of carbonyl (C=O) groups excluding carboxylic acids is 2. The van der Waals surface area contributed by atoms with E-state index in [2.05, 4.69) is 4.98 Å². The molecule has 0 saturated heterocycles. The molecule has 0 bridgehead atoms. The fourth-order valence-electron chi connectivity index (χ4n) is 3.27. The molecule has 1 aliphatic rings. The quantitative estimate of drug-likeness (QED) is 0.691. The van der Waals surface area contributed by atoms with Crippen LogP contribution in [0.4, 0.5) is 0 Å². The molecule has 2 aromatic heterocycles. The van der Waals surface area contributed by atoms with Gasteiger partial charge in [0.25, 0.3) is 0 Å². The monoisotopic (exact) mass is 343 g/mol. The molecular formula is C19H25N3O3. The van der Waals surface area contributed by atoms with Gasteiger partial charge in [0.05, 0.1) is 12.3 Å². The fraction of sp³-hybridized carbons (Fsp3) is 0.526. The summed E-state index contributed by atoms with van der Waals surface area (Å²) in [6, 6.07) is 4.11. The van der Waals surface area contributed by atoms with Crippen molar-refractivity contribution in [1.82, 2.24) is 14.3 Å². The number of aromatic nitrogens is 2. The lowest BCUT2D eigenvalue weighted by Crippen LogP contribution is -2.32. The van der Waals surface area contributed by atoms with Crippen molar-refractivity contribution in [3.8, 4) is 5.75 Å². The highest BCUT2D eigenvalue weighted by Gasteiger charge is 2.30. The lowest BCUT2D eigenvalue weighted by atomic mass is 10.1. The summed E-state index contributed by atoms with van der Waals surface area (Å²) < 4.78 is 7.41. The highest BCUT2D eigenvalue weighted by Crippen LogP contribution is 2.27. The van der Waals surface area contributed by atoms with Gasteiger partial charge in [-0.1, -0.05) is 0 Å². The van der Waals surface area contributed by atoms with E-state index in [1.54, 1.807) is 6.92 Å². The van der Waals surface area contributed by atoms with Crippen molar-refractivity contribution in [1.29, 1.82) is 0 Å². The molecule has 0 atom stereocenters. The van der Waals surface area contributed by atoms with Crippen LogP contribution in [0.2, 0.25) is 0 Å². The molecule has 2 aromatic rings. The molecule has 0 aliphatic heterocycles. The third kappa shape index (κ3) is 3.67. The van der Waals surface area contributed by atoms with Gasteiger partial charge in [0.2, 0.25) is 5.91 Å². The number of Topliss-reactive ketones (excluding diaryl/α,β-unsaturated/α-hetero) is 1. The minimum absolute atomic E-state index is 0.0537. The smallest absolute Gasteiger partial charge is 0.219 e. The normalized spacial score (nSPS) is 13.9. The molecule has 6 nitrogen and oxygen atoms in total. The van der Waals surface area contributed by atoms with Crippen molar-refractivity contribution in [2.24, 2.45) is 0 Å². The molecule has 1 saturated carbocycles. The highest BCUT2D eigenvalue weighted by atomic mass is 16.5. The minimum atomic E-state index is 0.0537. The number of hydrogen-bond donors (Lipinski definition) is 0. The van der Waals surface area contributed by atoms with E-state index in [0.717, 1.165) is 12.8 Å². The largest absolute Gasteiger partial charge is 0.490 e. The van der Waals surface area contributed by atoms with Gasteiger partial charge in [-0.3, -0.25) is 14.0 Å². The first kappa shape index (κ1) is 17.5. The van der Waals surface area contributed by atoms with Crippen LogP contribution in [-0.4, -0.2) is 45.2 Å². The lowest BCUT2D eigenvalue weighted by Gasteiger charge is -2.20. The molecular weight excluding hydrogens is 318 g/mol. The molecule has 6 heteroatoms. The van der Waals surface area contributed by atoms with Gasteiger partial charge in [0, 0.05) is 32.1 Å². The number of nitrogens with zero attached hydrogens (tertiary/aromatic N) is 3. The van der Waals surface area contributed by atoms with Crippen molar-refractivity contribution in [2.45, 2.75) is 52.5 Å². The van der Waals surface area contributed by atoms with Gasteiger partial charge >= 0.3 is 0 Å². The van der Waals surface area contributed by atoms with E-state index in [1.165, 1.54) is 0 Å². The van der Waals surface area contributed by atoms with Gasteiger partial charge in [-0.25, -0.2) is 4.98 Å². The van der Waals surface area contributed by atoms with E-state index >= 15 is 0 Å². The first-order valence-corrected chi connectivity index (χ1v) is 8.93. The topological polar surface area (TPSA) is 63.9 Å². The number of hydrogen-bond acceptors (Lipinski definition) is 4. The Morgan fingerprint density at radius 3 is 2.80 bits per heavy atom. The zero-order valence-corrected chi connectivity index (χ0v) is 15.1. The number of rotatable bonds is 8. The van der Waals surface area contributed by atoms with E-state index in [0.29, 0.717) is 54.8 Å². The molecule has 134 valence electrons. The first-order valence-electron chi connectivity index (χ1n) is 8.93. The number of imidazole rings is 1. The van der Waals surface area contributed by atoms with Gasteiger partial charge < -0.3 is 9.64 Å². The second-order valence-electron chi connectivity index (χ2n) is 6.52. The number of fused-ring (bicyclic) bond motifs is 1. The Hall–Kier alpha value is -2.37. The molecule has 0 unspecified atom stereocenters.